The molecule has 1 fully saturated rings. The number of amides is 1. The summed E-state index contributed by atoms with van der Waals surface area (Å²) in [6.45, 7) is 3.40. The average Bonchev–Trinajstić information content (AvgIpc) is 2.99. The average molecular weight is 302 g/mol. The van der Waals surface area contributed by atoms with E-state index in [0.717, 1.165) is 43.3 Å². The van der Waals surface area contributed by atoms with E-state index in [4.69, 9.17) is 4.74 Å². The third-order valence-corrected chi connectivity index (χ3v) is 3.91. The number of H-pyrrole nitrogens is 1. The number of piperidine rings is 1. The fourth-order valence-electron chi connectivity index (χ4n) is 2.68. The molecule has 0 bridgehead atoms. The molecule has 0 aromatic carbocycles. The van der Waals surface area contributed by atoms with Crippen LogP contribution in [0.15, 0.2) is 24.5 Å². The van der Waals surface area contributed by atoms with Crippen molar-refractivity contribution in [3.8, 4) is 0 Å². The van der Waals surface area contributed by atoms with Crippen molar-refractivity contribution in [3.63, 3.8) is 0 Å². The van der Waals surface area contributed by atoms with Gasteiger partial charge in [0, 0.05) is 36.4 Å². The van der Waals surface area contributed by atoms with Crippen LogP contribution >= 0.6 is 0 Å². The number of carbonyl (C=O) groups excluding carboxylic acids is 1. The maximum absolute atomic E-state index is 12.1. The van der Waals surface area contributed by atoms with Crippen LogP contribution in [0.4, 0.5) is 0 Å². The fourth-order valence-corrected chi connectivity index (χ4v) is 2.68. The van der Waals surface area contributed by atoms with Gasteiger partial charge in [-0.1, -0.05) is 0 Å². The van der Waals surface area contributed by atoms with Gasteiger partial charge in [0.25, 0.3) is 5.91 Å². The first-order valence-corrected chi connectivity index (χ1v) is 7.86. The van der Waals surface area contributed by atoms with Crippen LogP contribution in [0.1, 0.15) is 29.8 Å². The van der Waals surface area contributed by atoms with Gasteiger partial charge in [-0.2, -0.15) is 0 Å². The van der Waals surface area contributed by atoms with E-state index in [0.29, 0.717) is 24.9 Å². The summed E-state index contributed by atoms with van der Waals surface area (Å²) >= 11 is 0. The number of rotatable bonds is 6. The molecule has 6 nitrogen and oxygen atoms in total. The summed E-state index contributed by atoms with van der Waals surface area (Å²) in [5.74, 6) is -0.0851. The minimum Gasteiger partial charge on any atom is -0.378 e. The molecule has 0 aliphatic carbocycles. The van der Waals surface area contributed by atoms with Crippen molar-refractivity contribution in [2.45, 2.75) is 25.4 Å². The lowest BCUT2D eigenvalue weighted by molar-refractivity contribution is 0.0317. The van der Waals surface area contributed by atoms with Gasteiger partial charge in [-0.3, -0.25) is 9.78 Å². The molecule has 0 unspecified atom stereocenters. The van der Waals surface area contributed by atoms with Gasteiger partial charge in [0.1, 0.15) is 5.69 Å². The van der Waals surface area contributed by atoms with Crippen molar-refractivity contribution in [2.75, 3.05) is 26.2 Å². The highest BCUT2D eigenvalue weighted by molar-refractivity contribution is 5.97. The number of pyridine rings is 1. The molecule has 1 aliphatic rings. The van der Waals surface area contributed by atoms with Crippen molar-refractivity contribution in [1.29, 1.82) is 0 Å². The van der Waals surface area contributed by atoms with Gasteiger partial charge >= 0.3 is 0 Å². The summed E-state index contributed by atoms with van der Waals surface area (Å²) in [4.78, 5) is 19.2. The molecule has 6 heteroatoms. The summed E-state index contributed by atoms with van der Waals surface area (Å²) in [5.41, 5.74) is 1.50. The number of nitrogens with zero attached hydrogens (tertiary/aromatic N) is 1. The van der Waals surface area contributed by atoms with Gasteiger partial charge in [-0.15, -0.1) is 0 Å². The Kier molecular flexibility index (Phi) is 5.03. The zero-order valence-electron chi connectivity index (χ0n) is 12.6. The Labute approximate surface area is 129 Å². The molecule has 2 aromatic heterocycles. The van der Waals surface area contributed by atoms with Crippen LogP contribution in [0.3, 0.4) is 0 Å². The Morgan fingerprint density at radius 3 is 3.09 bits per heavy atom. The van der Waals surface area contributed by atoms with E-state index in [1.807, 2.05) is 12.1 Å². The van der Waals surface area contributed by atoms with Crippen molar-refractivity contribution < 1.29 is 9.53 Å². The van der Waals surface area contributed by atoms with Crippen molar-refractivity contribution >= 4 is 16.8 Å². The second-order valence-corrected chi connectivity index (χ2v) is 5.58. The van der Waals surface area contributed by atoms with Gasteiger partial charge < -0.3 is 20.4 Å². The number of ether oxygens (including phenoxy) is 1. The zero-order valence-corrected chi connectivity index (χ0v) is 12.6. The van der Waals surface area contributed by atoms with E-state index in [-0.39, 0.29) is 5.91 Å². The lowest BCUT2D eigenvalue weighted by Gasteiger charge is -2.22. The molecule has 3 rings (SSSR count). The van der Waals surface area contributed by atoms with Crippen LogP contribution in [-0.4, -0.2) is 48.2 Å². The summed E-state index contributed by atoms with van der Waals surface area (Å²) in [6, 6.07) is 3.68. The standard InChI is InChI=1S/C16H22N4O2/c21-16(15-10-12-11-18-8-4-14(12)20-15)19-5-1-9-22-13-2-6-17-7-3-13/h4,8,10-11,13,17,20H,1-3,5-7,9H2,(H,19,21). The first kappa shape index (κ1) is 15.0. The highest BCUT2D eigenvalue weighted by Gasteiger charge is 2.13. The minimum absolute atomic E-state index is 0.0851. The Balaban J connectivity index is 1.38. The maximum atomic E-state index is 12.1. The molecule has 0 spiro atoms. The Hall–Kier alpha value is -1.92. The summed E-state index contributed by atoms with van der Waals surface area (Å²) in [7, 11) is 0. The highest BCUT2D eigenvalue weighted by Crippen LogP contribution is 2.13. The van der Waals surface area contributed by atoms with E-state index in [1.165, 1.54) is 0 Å². The number of hydrogen-bond acceptors (Lipinski definition) is 4. The molecule has 2 aromatic rings. The topological polar surface area (TPSA) is 79.0 Å². The largest absolute Gasteiger partial charge is 0.378 e. The van der Waals surface area contributed by atoms with E-state index in [2.05, 4.69) is 20.6 Å². The summed E-state index contributed by atoms with van der Waals surface area (Å²) in [6.07, 6.45) is 6.81. The predicted molar refractivity (Wildman–Crippen MR) is 84.9 cm³/mol. The van der Waals surface area contributed by atoms with Crippen LogP contribution in [-0.2, 0) is 4.74 Å². The molecule has 1 aliphatic heterocycles. The zero-order chi connectivity index (χ0) is 15.2. The minimum atomic E-state index is -0.0851. The highest BCUT2D eigenvalue weighted by atomic mass is 16.5. The number of hydrogen-bond donors (Lipinski definition) is 3. The third-order valence-electron chi connectivity index (χ3n) is 3.91. The summed E-state index contributed by atoms with van der Waals surface area (Å²) in [5, 5.41) is 7.18. The van der Waals surface area contributed by atoms with Crippen LogP contribution in [0.5, 0.6) is 0 Å². The smallest absolute Gasteiger partial charge is 0.267 e. The SMILES string of the molecule is O=C(NCCCOC1CCNCC1)c1cc2cnccc2[nH]1. The normalized spacial score (nSPS) is 16.0. The number of aromatic amines is 1. The van der Waals surface area contributed by atoms with Gasteiger partial charge in [0.05, 0.1) is 6.10 Å². The van der Waals surface area contributed by atoms with E-state index >= 15 is 0 Å². The maximum Gasteiger partial charge on any atom is 0.267 e. The van der Waals surface area contributed by atoms with Crippen LogP contribution in [0, 0.1) is 0 Å². The summed E-state index contributed by atoms with van der Waals surface area (Å²) < 4.78 is 5.81. The van der Waals surface area contributed by atoms with Crippen LogP contribution < -0.4 is 10.6 Å². The lowest BCUT2D eigenvalue weighted by Crippen LogP contribution is -2.33. The van der Waals surface area contributed by atoms with Crippen LogP contribution in [0.2, 0.25) is 0 Å². The predicted octanol–water partition coefficient (Wildman–Crippen LogP) is 1.45. The van der Waals surface area contributed by atoms with E-state index in [1.54, 1.807) is 12.4 Å². The van der Waals surface area contributed by atoms with E-state index < -0.39 is 0 Å². The Morgan fingerprint density at radius 1 is 1.41 bits per heavy atom. The molecule has 1 amide bonds. The second kappa shape index (κ2) is 7.38. The van der Waals surface area contributed by atoms with Crippen LogP contribution in [0.25, 0.3) is 10.9 Å². The monoisotopic (exact) mass is 302 g/mol. The van der Waals surface area contributed by atoms with Gasteiger partial charge in [0.15, 0.2) is 0 Å². The molecule has 0 radical (unpaired) electrons. The third kappa shape index (κ3) is 3.84. The Morgan fingerprint density at radius 2 is 2.27 bits per heavy atom. The van der Waals surface area contributed by atoms with E-state index in [9.17, 15) is 4.79 Å². The molecule has 0 saturated carbocycles. The molecule has 1 saturated heterocycles. The number of carbonyl (C=O) groups is 1. The van der Waals surface area contributed by atoms with Crippen molar-refractivity contribution in [2.24, 2.45) is 0 Å². The quantitative estimate of drug-likeness (QED) is 0.706. The second-order valence-electron chi connectivity index (χ2n) is 5.58. The number of fused-ring (bicyclic) bond motifs is 1. The number of aromatic nitrogens is 2. The van der Waals surface area contributed by atoms with Gasteiger partial charge in [0.2, 0.25) is 0 Å². The molecule has 118 valence electrons. The number of nitrogens with one attached hydrogen (secondary N) is 3. The first-order chi connectivity index (χ1) is 10.8. The molecule has 3 N–H and O–H groups in total. The lowest BCUT2D eigenvalue weighted by atomic mass is 10.1. The Bertz CT molecular complexity index is 586. The van der Waals surface area contributed by atoms with Gasteiger partial charge in [-0.05, 0) is 44.5 Å². The molecule has 3 heterocycles. The molecular weight excluding hydrogens is 280 g/mol. The molecule has 22 heavy (non-hydrogen) atoms. The van der Waals surface area contributed by atoms with Crippen molar-refractivity contribution in [3.05, 3.63) is 30.2 Å². The first-order valence-electron chi connectivity index (χ1n) is 7.86. The fraction of sp³-hybridized carbons (Fsp3) is 0.500. The molecular formula is C16H22N4O2. The van der Waals surface area contributed by atoms with Crippen molar-refractivity contribution in [1.82, 2.24) is 20.6 Å². The molecule has 0 atom stereocenters. The van der Waals surface area contributed by atoms with Gasteiger partial charge in [-0.25, -0.2) is 0 Å².